The molecule has 3 heteroatoms. The van der Waals surface area contributed by atoms with Gasteiger partial charge in [0.25, 0.3) is 0 Å². The zero-order chi connectivity index (χ0) is 12.6. The van der Waals surface area contributed by atoms with Gasteiger partial charge in [-0.15, -0.1) is 0 Å². The monoisotopic (exact) mass is 243 g/mol. The van der Waals surface area contributed by atoms with E-state index in [4.69, 9.17) is 0 Å². The largest absolute Gasteiger partial charge is 0.356 e. The molecule has 1 aromatic heterocycles. The van der Waals surface area contributed by atoms with Crippen molar-refractivity contribution in [3.8, 4) is 11.3 Å². The number of hydrogen-bond donors (Lipinski definition) is 2. The van der Waals surface area contributed by atoms with Crippen LogP contribution in [0.25, 0.3) is 11.3 Å². The summed E-state index contributed by atoms with van der Waals surface area (Å²) in [4.78, 5) is 7.64. The van der Waals surface area contributed by atoms with Gasteiger partial charge in [-0.2, -0.15) is 0 Å². The molecule has 2 aromatic rings. The second kappa shape index (κ2) is 6.84. The number of aromatic nitrogens is 2. The van der Waals surface area contributed by atoms with Crippen LogP contribution in [0.2, 0.25) is 0 Å². The molecule has 0 fully saturated rings. The third kappa shape index (κ3) is 3.62. The van der Waals surface area contributed by atoms with Crippen LogP contribution in [0.4, 0.5) is 5.95 Å². The fraction of sp³-hybridized carbons (Fsp3) is 0.400. The third-order valence-corrected chi connectivity index (χ3v) is 2.98. The maximum absolute atomic E-state index is 4.34. The molecule has 0 aliphatic carbocycles. The van der Waals surface area contributed by atoms with Crippen LogP contribution < -0.4 is 5.32 Å². The predicted octanol–water partition coefficient (Wildman–Crippen LogP) is 4.07. The lowest BCUT2D eigenvalue weighted by molar-refractivity contribution is 0.683. The molecular weight excluding hydrogens is 222 g/mol. The summed E-state index contributed by atoms with van der Waals surface area (Å²) in [5.74, 6) is 0.866. The van der Waals surface area contributed by atoms with Crippen molar-refractivity contribution in [3.05, 3.63) is 36.5 Å². The lowest BCUT2D eigenvalue weighted by Gasteiger charge is -2.02. The highest BCUT2D eigenvalue weighted by molar-refractivity contribution is 5.59. The van der Waals surface area contributed by atoms with Gasteiger partial charge in [0, 0.05) is 6.54 Å². The lowest BCUT2D eigenvalue weighted by Crippen LogP contribution is -2.02. The minimum atomic E-state index is 0.866. The number of aromatic amines is 1. The number of hydrogen-bond acceptors (Lipinski definition) is 2. The summed E-state index contributed by atoms with van der Waals surface area (Å²) < 4.78 is 0. The second-order valence-electron chi connectivity index (χ2n) is 4.50. The first-order valence-corrected chi connectivity index (χ1v) is 6.74. The van der Waals surface area contributed by atoms with E-state index in [1.54, 1.807) is 0 Å². The van der Waals surface area contributed by atoms with Crippen LogP contribution >= 0.6 is 0 Å². The summed E-state index contributed by atoms with van der Waals surface area (Å²) in [5, 5.41) is 3.33. The molecule has 96 valence electrons. The van der Waals surface area contributed by atoms with Crippen LogP contribution in [0.15, 0.2) is 36.5 Å². The molecule has 1 heterocycles. The molecule has 2 rings (SSSR count). The first-order valence-electron chi connectivity index (χ1n) is 6.74. The van der Waals surface area contributed by atoms with Gasteiger partial charge in [0.05, 0.1) is 11.9 Å². The Kier molecular flexibility index (Phi) is 4.82. The summed E-state index contributed by atoms with van der Waals surface area (Å²) in [7, 11) is 0. The van der Waals surface area contributed by atoms with Gasteiger partial charge in [-0.1, -0.05) is 56.5 Å². The Hall–Kier alpha value is -1.77. The van der Waals surface area contributed by atoms with Crippen LogP contribution in [-0.4, -0.2) is 16.5 Å². The molecule has 0 radical (unpaired) electrons. The van der Waals surface area contributed by atoms with Crippen LogP contribution in [-0.2, 0) is 0 Å². The first-order chi connectivity index (χ1) is 8.90. The molecule has 0 aliphatic heterocycles. The summed E-state index contributed by atoms with van der Waals surface area (Å²) in [5.41, 5.74) is 2.23. The highest BCUT2D eigenvalue weighted by Crippen LogP contribution is 2.17. The molecule has 0 unspecified atom stereocenters. The van der Waals surface area contributed by atoms with E-state index < -0.39 is 0 Å². The van der Waals surface area contributed by atoms with Crippen molar-refractivity contribution in [3.63, 3.8) is 0 Å². The number of unbranched alkanes of at least 4 members (excludes halogenated alkanes) is 3. The topological polar surface area (TPSA) is 40.7 Å². The second-order valence-corrected chi connectivity index (χ2v) is 4.50. The van der Waals surface area contributed by atoms with Gasteiger partial charge in [0.1, 0.15) is 0 Å². The van der Waals surface area contributed by atoms with E-state index in [0.29, 0.717) is 0 Å². The third-order valence-electron chi connectivity index (χ3n) is 2.98. The molecule has 0 bridgehead atoms. The number of nitrogens with one attached hydrogen (secondary N) is 2. The first kappa shape index (κ1) is 12.7. The quantitative estimate of drug-likeness (QED) is 0.720. The summed E-state index contributed by atoms with van der Waals surface area (Å²) in [6.07, 6.45) is 6.96. The number of H-pyrrole nitrogens is 1. The maximum atomic E-state index is 4.34. The predicted molar refractivity (Wildman–Crippen MR) is 76.7 cm³/mol. The molecule has 0 aliphatic rings. The Labute approximate surface area is 109 Å². The van der Waals surface area contributed by atoms with Crippen molar-refractivity contribution in [2.45, 2.75) is 32.6 Å². The molecule has 2 N–H and O–H groups in total. The van der Waals surface area contributed by atoms with Crippen molar-refractivity contribution in [2.24, 2.45) is 0 Å². The Bertz CT molecular complexity index is 448. The highest BCUT2D eigenvalue weighted by Gasteiger charge is 2.01. The highest BCUT2D eigenvalue weighted by atomic mass is 15.1. The summed E-state index contributed by atoms with van der Waals surface area (Å²) in [6.45, 7) is 3.22. The SMILES string of the molecule is CCCCCCNc1ncc(-c2ccccc2)[nH]1. The number of anilines is 1. The van der Waals surface area contributed by atoms with E-state index in [2.05, 4.69) is 34.3 Å². The van der Waals surface area contributed by atoms with Gasteiger partial charge in [0.15, 0.2) is 0 Å². The minimum absolute atomic E-state index is 0.866. The van der Waals surface area contributed by atoms with Crippen molar-refractivity contribution in [1.29, 1.82) is 0 Å². The maximum Gasteiger partial charge on any atom is 0.200 e. The van der Waals surface area contributed by atoms with Crippen LogP contribution in [0, 0.1) is 0 Å². The van der Waals surface area contributed by atoms with Crippen molar-refractivity contribution in [2.75, 3.05) is 11.9 Å². The van der Waals surface area contributed by atoms with E-state index in [0.717, 1.165) is 18.2 Å². The van der Waals surface area contributed by atoms with Gasteiger partial charge in [0.2, 0.25) is 5.95 Å². The van der Waals surface area contributed by atoms with E-state index in [1.807, 2.05) is 24.4 Å². The number of imidazole rings is 1. The Morgan fingerprint density at radius 3 is 2.72 bits per heavy atom. The van der Waals surface area contributed by atoms with Crippen molar-refractivity contribution >= 4 is 5.95 Å². The van der Waals surface area contributed by atoms with E-state index in [1.165, 1.54) is 31.2 Å². The van der Waals surface area contributed by atoms with E-state index in [9.17, 15) is 0 Å². The van der Waals surface area contributed by atoms with Crippen LogP contribution in [0.3, 0.4) is 0 Å². The fourth-order valence-corrected chi connectivity index (χ4v) is 1.93. The number of benzene rings is 1. The minimum Gasteiger partial charge on any atom is -0.356 e. The van der Waals surface area contributed by atoms with Gasteiger partial charge in [-0.05, 0) is 12.0 Å². The van der Waals surface area contributed by atoms with Crippen molar-refractivity contribution < 1.29 is 0 Å². The summed E-state index contributed by atoms with van der Waals surface area (Å²) >= 11 is 0. The zero-order valence-corrected chi connectivity index (χ0v) is 10.9. The average molecular weight is 243 g/mol. The zero-order valence-electron chi connectivity index (χ0n) is 10.9. The molecular formula is C15H21N3. The molecule has 0 atom stereocenters. The van der Waals surface area contributed by atoms with Crippen molar-refractivity contribution in [1.82, 2.24) is 9.97 Å². The Balaban J connectivity index is 1.83. The van der Waals surface area contributed by atoms with Gasteiger partial charge in [-0.3, -0.25) is 0 Å². The Morgan fingerprint density at radius 1 is 1.11 bits per heavy atom. The van der Waals surface area contributed by atoms with Gasteiger partial charge < -0.3 is 10.3 Å². The molecule has 18 heavy (non-hydrogen) atoms. The smallest absolute Gasteiger partial charge is 0.200 e. The summed E-state index contributed by atoms with van der Waals surface area (Å²) in [6, 6.07) is 10.3. The molecule has 1 aromatic carbocycles. The van der Waals surface area contributed by atoms with Gasteiger partial charge in [-0.25, -0.2) is 4.98 Å². The van der Waals surface area contributed by atoms with Crippen LogP contribution in [0.5, 0.6) is 0 Å². The molecule has 0 saturated carbocycles. The Morgan fingerprint density at radius 2 is 1.94 bits per heavy atom. The standard InChI is InChI=1S/C15H21N3/c1-2-3-4-8-11-16-15-17-12-14(18-15)13-9-6-5-7-10-13/h5-7,9-10,12H,2-4,8,11H2,1H3,(H2,16,17,18). The molecule has 3 nitrogen and oxygen atoms in total. The molecule has 0 spiro atoms. The normalized spacial score (nSPS) is 10.5. The average Bonchev–Trinajstić information content (AvgIpc) is 2.88. The number of nitrogens with zero attached hydrogens (tertiary/aromatic N) is 1. The molecule has 0 amide bonds. The lowest BCUT2D eigenvalue weighted by atomic mass is 10.2. The molecule has 0 saturated heterocycles. The van der Waals surface area contributed by atoms with Gasteiger partial charge >= 0.3 is 0 Å². The number of rotatable bonds is 7. The fourth-order valence-electron chi connectivity index (χ4n) is 1.93. The van der Waals surface area contributed by atoms with E-state index in [-0.39, 0.29) is 0 Å². The van der Waals surface area contributed by atoms with E-state index >= 15 is 0 Å². The van der Waals surface area contributed by atoms with Crippen LogP contribution in [0.1, 0.15) is 32.6 Å².